The van der Waals surface area contributed by atoms with Gasteiger partial charge in [-0.2, -0.15) is 0 Å². The molecule has 0 aliphatic rings. The highest BCUT2D eigenvalue weighted by molar-refractivity contribution is 5.85. The third kappa shape index (κ3) is 4.58. The second-order valence-corrected chi connectivity index (χ2v) is 1.97. The Bertz CT molecular complexity index is 97.7. The number of halogens is 1. The minimum absolute atomic E-state index is 0. The van der Waals surface area contributed by atoms with Crippen molar-refractivity contribution >= 4 is 18.4 Å². The smallest absolute Gasteiger partial charge is 0.320 e. The van der Waals surface area contributed by atoms with Gasteiger partial charge in [0.25, 0.3) is 0 Å². The monoisotopic (exact) mass is 167 g/mol. The van der Waals surface area contributed by atoms with Gasteiger partial charge in [0.05, 0.1) is 0 Å². The quantitative estimate of drug-likeness (QED) is 0.654. The molecule has 0 spiro atoms. The molecule has 0 rings (SSSR count). The van der Waals surface area contributed by atoms with Crippen molar-refractivity contribution in [3.05, 3.63) is 0 Å². The van der Waals surface area contributed by atoms with Crippen molar-refractivity contribution < 1.29 is 9.90 Å². The first-order valence-electron chi connectivity index (χ1n) is 3.12. The van der Waals surface area contributed by atoms with Crippen LogP contribution < -0.4 is 5.32 Å². The first kappa shape index (κ1) is 12.4. The molecule has 0 unspecified atom stereocenters. The topological polar surface area (TPSA) is 49.3 Å². The summed E-state index contributed by atoms with van der Waals surface area (Å²) in [7, 11) is 1.66. The third-order valence-electron chi connectivity index (χ3n) is 1.22. The third-order valence-corrected chi connectivity index (χ3v) is 1.22. The second kappa shape index (κ2) is 6.83. The number of carbonyl (C=O) groups is 1. The van der Waals surface area contributed by atoms with Crippen LogP contribution in [0.1, 0.15) is 19.8 Å². The molecule has 0 aromatic carbocycles. The molecule has 0 aromatic rings. The predicted octanol–water partition coefficient (Wildman–Crippen LogP) is 0.881. The van der Waals surface area contributed by atoms with E-state index >= 15 is 0 Å². The maximum atomic E-state index is 10.3. The first-order chi connectivity index (χ1) is 4.22. The zero-order chi connectivity index (χ0) is 7.28. The minimum Gasteiger partial charge on any atom is -0.480 e. The summed E-state index contributed by atoms with van der Waals surface area (Å²) in [5.41, 5.74) is 0. The van der Waals surface area contributed by atoms with Gasteiger partial charge in [0, 0.05) is 0 Å². The van der Waals surface area contributed by atoms with Crippen LogP contribution in [0.15, 0.2) is 0 Å². The lowest BCUT2D eigenvalue weighted by Gasteiger charge is -2.07. The molecule has 0 saturated carbocycles. The Morgan fingerprint density at radius 1 is 1.70 bits per heavy atom. The summed E-state index contributed by atoms with van der Waals surface area (Å²) >= 11 is 0. The van der Waals surface area contributed by atoms with E-state index in [0.29, 0.717) is 6.42 Å². The van der Waals surface area contributed by atoms with Gasteiger partial charge < -0.3 is 10.4 Å². The van der Waals surface area contributed by atoms with E-state index in [1.54, 1.807) is 7.05 Å². The number of hydrogen-bond donors (Lipinski definition) is 2. The van der Waals surface area contributed by atoms with E-state index in [0.717, 1.165) is 6.42 Å². The van der Waals surface area contributed by atoms with Gasteiger partial charge in [0.1, 0.15) is 6.04 Å². The van der Waals surface area contributed by atoms with Crippen LogP contribution in [0.5, 0.6) is 0 Å². The Labute approximate surface area is 67.2 Å². The Kier molecular flexibility index (Phi) is 8.48. The van der Waals surface area contributed by atoms with Crippen molar-refractivity contribution in [2.75, 3.05) is 7.05 Å². The van der Waals surface area contributed by atoms with Gasteiger partial charge in [-0.3, -0.25) is 4.79 Å². The van der Waals surface area contributed by atoms with Crippen molar-refractivity contribution in [1.82, 2.24) is 5.32 Å². The average Bonchev–Trinajstić information content (AvgIpc) is 1.82. The van der Waals surface area contributed by atoms with E-state index in [9.17, 15) is 4.79 Å². The molecule has 0 aliphatic heterocycles. The van der Waals surface area contributed by atoms with Crippen molar-refractivity contribution in [2.45, 2.75) is 25.8 Å². The summed E-state index contributed by atoms with van der Waals surface area (Å²) in [4.78, 5) is 10.3. The Morgan fingerprint density at radius 2 is 2.20 bits per heavy atom. The summed E-state index contributed by atoms with van der Waals surface area (Å²) < 4.78 is 0. The normalized spacial score (nSPS) is 11.8. The van der Waals surface area contributed by atoms with E-state index in [-0.39, 0.29) is 18.4 Å². The molecule has 0 aliphatic carbocycles. The van der Waals surface area contributed by atoms with Crippen LogP contribution in [0.25, 0.3) is 0 Å². The molecular weight excluding hydrogens is 154 g/mol. The van der Waals surface area contributed by atoms with Crippen LogP contribution in [0, 0.1) is 0 Å². The van der Waals surface area contributed by atoms with Crippen LogP contribution in [0.3, 0.4) is 0 Å². The number of carboxylic acid groups (broad SMARTS) is 1. The van der Waals surface area contributed by atoms with E-state index in [1.165, 1.54) is 0 Å². The fourth-order valence-corrected chi connectivity index (χ4v) is 0.680. The lowest BCUT2D eigenvalue weighted by molar-refractivity contribution is -0.139. The molecule has 10 heavy (non-hydrogen) atoms. The minimum atomic E-state index is -0.764. The van der Waals surface area contributed by atoms with Crippen LogP contribution in [-0.2, 0) is 4.79 Å². The average molecular weight is 168 g/mol. The standard InChI is InChI=1S/C6H13NO2.ClH/c1-3-4-5(7-2)6(8)9;/h5,7H,3-4H2,1-2H3,(H,8,9);1H/t5-;/m0./s1. The van der Waals surface area contributed by atoms with Crippen LogP contribution >= 0.6 is 12.4 Å². The Balaban J connectivity index is 0. The van der Waals surface area contributed by atoms with E-state index in [1.807, 2.05) is 6.92 Å². The Morgan fingerprint density at radius 3 is 2.30 bits per heavy atom. The maximum Gasteiger partial charge on any atom is 0.320 e. The van der Waals surface area contributed by atoms with E-state index in [4.69, 9.17) is 5.11 Å². The molecule has 4 heteroatoms. The molecular formula is C6H14ClNO2. The van der Waals surface area contributed by atoms with Gasteiger partial charge in [-0.1, -0.05) is 13.3 Å². The fourth-order valence-electron chi connectivity index (χ4n) is 0.680. The van der Waals surface area contributed by atoms with Gasteiger partial charge in [0.2, 0.25) is 0 Å². The summed E-state index contributed by atoms with van der Waals surface area (Å²) in [6.07, 6.45) is 1.60. The molecule has 1 atom stereocenters. The van der Waals surface area contributed by atoms with E-state index < -0.39 is 5.97 Å². The number of aliphatic carboxylic acids is 1. The van der Waals surface area contributed by atoms with Crippen molar-refractivity contribution in [2.24, 2.45) is 0 Å². The van der Waals surface area contributed by atoms with Gasteiger partial charge in [-0.05, 0) is 13.5 Å². The molecule has 0 bridgehead atoms. The summed E-state index contributed by atoms with van der Waals surface area (Å²) in [5.74, 6) is -0.764. The highest BCUT2D eigenvalue weighted by Gasteiger charge is 2.11. The van der Waals surface area contributed by atoms with Crippen LogP contribution in [-0.4, -0.2) is 24.2 Å². The number of rotatable bonds is 4. The molecule has 0 fully saturated rings. The lowest BCUT2D eigenvalue weighted by Crippen LogP contribution is -2.33. The largest absolute Gasteiger partial charge is 0.480 e. The summed E-state index contributed by atoms with van der Waals surface area (Å²) in [5, 5.41) is 11.1. The molecule has 62 valence electrons. The molecule has 0 amide bonds. The van der Waals surface area contributed by atoms with Crippen molar-refractivity contribution in [3.63, 3.8) is 0 Å². The van der Waals surface area contributed by atoms with Gasteiger partial charge in [-0.25, -0.2) is 0 Å². The van der Waals surface area contributed by atoms with Gasteiger partial charge >= 0.3 is 5.97 Å². The molecule has 0 heterocycles. The highest BCUT2D eigenvalue weighted by Crippen LogP contribution is 1.94. The summed E-state index contributed by atoms with van der Waals surface area (Å²) in [6.45, 7) is 1.97. The fraction of sp³-hybridized carbons (Fsp3) is 0.833. The SMILES string of the molecule is CCC[C@H](NC)C(=O)O.Cl. The highest BCUT2D eigenvalue weighted by atomic mass is 35.5. The van der Waals surface area contributed by atoms with Crippen LogP contribution in [0.2, 0.25) is 0 Å². The zero-order valence-electron chi connectivity index (χ0n) is 6.26. The number of likely N-dealkylation sites (N-methyl/N-ethyl adjacent to an activating group) is 1. The maximum absolute atomic E-state index is 10.3. The van der Waals surface area contributed by atoms with Gasteiger partial charge in [0.15, 0.2) is 0 Å². The molecule has 0 radical (unpaired) electrons. The second-order valence-electron chi connectivity index (χ2n) is 1.97. The zero-order valence-corrected chi connectivity index (χ0v) is 7.07. The Hall–Kier alpha value is -0.280. The number of hydrogen-bond acceptors (Lipinski definition) is 2. The number of carboxylic acids is 1. The molecule has 2 N–H and O–H groups in total. The van der Waals surface area contributed by atoms with E-state index in [2.05, 4.69) is 5.32 Å². The van der Waals surface area contributed by atoms with Crippen LogP contribution in [0.4, 0.5) is 0 Å². The van der Waals surface area contributed by atoms with Crippen molar-refractivity contribution in [1.29, 1.82) is 0 Å². The molecule has 0 saturated heterocycles. The molecule has 3 nitrogen and oxygen atoms in total. The first-order valence-corrected chi connectivity index (χ1v) is 3.12. The number of nitrogens with one attached hydrogen (secondary N) is 1. The summed E-state index contributed by atoms with van der Waals surface area (Å²) in [6, 6.07) is -0.366. The van der Waals surface area contributed by atoms with Crippen molar-refractivity contribution in [3.8, 4) is 0 Å². The lowest BCUT2D eigenvalue weighted by atomic mass is 10.2. The van der Waals surface area contributed by atoms with Gasteiger partial charge in [-0.15, -0.1) is 12.4 Å². The predicted molar refractivity (Wildman–Crippen MR) is 42.6 cm³/mol. The molecule has 0 aromatic heterocycles.